The molecule has 0 spiro atoms. The maximum absolute atomic E-state index is 13.2. The quantitative estimate of drug-likeness (QED) is 0.772. The summed E-state index contributed by atoms with van der Waals surface area (Å²) in [5.41, 5.74) is -1.27. The zero-order valence-electron chi connectivity index (χ0n) is 8.94. The highest BCUT2D eigenvalue weighted by Gasteiger charge is 2.60. The van der Waals surface area contributed by atoms with E-state index in [1.54, 1.807) is 0 Å². The Labute approximate surface area is 93.9 Å². The zero-order valence-corrected chi connectivity index (χ0v) is 8.94. The Hall–Kier alpha value is -1.53. The molecular formula is C10H9F5O2. The lowest BCUT2D eigenvalue weighted by Crippen LogP contribution is -2.34. The van der Waals surface area contributed by atoms with Gasteiger partial charge in [-0.05, 0) is 18.2 Å². The van der Waals surface area contributed by atoms with E-state index >= 15 is 0 Å². The Morgan fingerprint density at radius 1 is 0.941 bits per heavy atom. The molecule has 17 heavy (non-hydrogen) atoms. The molecule has 0 aliphatic carbocycles. The van der Waals surface area contributed by atoms with Gasteiger partial charge in [-0.1, -0.05) is 0 Å². The van der Waals surface area contributed by atoms with E-state index in [1.807, 2.05) is 0 Å². The lowest BCUT2D eigenvalue weighted by Gasteiger charge is -2.22. The highest BCUT2D eigenvalue weighted by atomic mass is 19.4. The number of benzene rings is 1. The third kappa shape index (κ3) is 2.42. The molecule has 0 fully saturated rings. The van der Waals surface area contributed by atoms with Crippen molar-refractivity contribution < 1.29 is 31.4 Å². The molecular weight excluding hydrogens is 247 g/mol. The lowest BCUT2D eigenvalue weighted by molar-refractivity contribution is -0.289. The van der Waals surface area contributed by atoms with Crippen LogP contribution in [0.4, 0.5) is 22.0 Å². The van der Waals surface area contributed by atoms with Crippen LogP contribution in [-0.4, -0.2) is 20.4 Å². The summed E-state index contributed by atoms with van der Waals surface area (Å²) in [5.74, 6) is -5.65. The van der Waals surface area contributed by atoms with Gasteiger partial charge in [0.1, 0.15) is 11.5 Å². The molecule has 0 saturated carbocycles. The second kappa shape index (κ2) is 4.38. The SMILES string of the molecule is COc1ccc(OC)c(C(F)(F)C(F)(F)F)c1. The van der Waals surface area contributed by atoms with E-state index < -0.39 is 23.4 Å². The fourth-order valence-corrected chi connectivity index (χ4v) is 1.21. The smallest absolute Gasteiger partial charge is 0.458 e. The van der Waals surface area contributed by atoms with Crippen LogP contribution in [0, 0.1) is 0 Å². The van der Waals surface area contributed by atoms with Gasteiger partial charge in [-0.3, -0.25) is 0 Å². The van der Waals surface area contributed by atoms with Crippen LogP contribution < -0.4 is 9.47 Å². The summed E-state index contributed by atoms with van der Waals surface area (Å²) in [7, 11) is 2.18. The summed E-state index contributed by atoms with van der Waals surface area (Å²) in [4.78, 5) is 0. The normalized spacial score (nSPS) is 12.4. The van der Waals surface area contributed by atoms with Crippen molar-refractivity contribution in [3.05, 3.63) is 23.8 Å². The fourth-order valence-electron chi connectivity index (χ4n) is 1.21. The first kappa shape index (κ1) is 13.5. The van der Waals surface area contributed by atoms with E-state index in [0.717, 1.165) is 20.3 Å². The van der Waals surface area contributed by atoms with Crippen molar-refractivity contribution in [1.29, 1.82) is 0 Å². The minimum atomic E-state index is -5.69. The molecule has 2 nitrogen and oxygen atoms in total. The van der Waals surface area contributed by atoms with Gasteiger partial charge in [-0.25, -0.2) is 0 Å². The molecule has 96 valence electrons. The molecule has 0 radical (unpaired) electrons. The Morgan fingerprint density at radius 2 is 1.53 bits per heavy atom. The van der Waals surface area contributed by atoms with Gasteiger partial charge in [-0.15, -0.1) is 0 Å². The highest BCUT2D eigenvalue weighted by molar-refractivity contribution is 5.43. The van der Waals surface area contributed by atoms with E-state index in [0.29, 0.717) is 6.07 Å². The standard InChI is InChI=1S/C10H9F5O2/c1-16-6-3-4-8(17-2)7(5-6)9(11,12)10(13,14)15/h3-5H,1-2H3. The van der Waals surface area contributed by atoms with Gasteiger partial charge in [-0.2, -0.15) is 22.0 Å². The molecule has 0 aliphatic rings. The van der Waals surface area contributed by atoms with Crippen molar-refractivity contribution in [2.45, 2.75) is 12.1 Å². The molecule has 0 heterocycles. The monoisotopic (exact) mass is 256 g/mol. The van der Waals surface area contributed by atoms with Crippen molar-refractivity contribution >= 4 is 0 Å². The molecule has 0 N–H and O–H groups in total. The van der Waals surface area contributed by atoms with E-state index in [9.17, 15) is 22.0 Å². The summed E-state index contributed by atoms with van der Waals surface area (Å²) in [6.07, 6.45) is -5.69. The van der Waals surface area contributed by atoms with Gasteiger partial charge in [0.25, 0.3) is 0 Å². The molecule has 0 atom stereocenters. The van der Waals surface area contributed by atoms with E-state index in [2.05, 4.69) is 9.47 Å². The maximum atomic E-state index is 13.2. The summed E-state index contributed by atoms with van der Waals surface area (Å²) in [5, 5.41) is 0. The first-order valence-corrected chi connectivity index (χ1v) is 4.41. The molecule has 0 amide bonds. The molecule has 0 unspecified atom stereocenters. The van der Waals surface area contributed by atoms with Crippen LogP contribution in [0.15, 0.2) is 18.2 Å². The minimum absolute atomic E-state index is 0.107. The molecule has 1 aromatic carbocycles. The van der Waals surface area contributed by atoms with Crippen molar-refractivity contribution in [1.82, 2.24) is 0 Å². The van der Waals surface area contributed by atoms with Crippen LogP contribution in [0.3, 0.4) is 0 Å². The Bertz CT molecular complexity index is 400. The molecule has 7 heteroatoms. The van der Waals surface area contributed by atoms with E-state index in [-0.39, 0.29) is 5.75 Å². The van der Waals surface area contributed by atoms with Crippen LogP contribution >= 0.6 is 0 Å². The molecule has 0 aliphatic heterocycles. The molecule has 0 aromatic heterocycles. The van der Waals surface area contributed by atoms with Crippen molar-refractivity contribution in [3.63, 3.8) is 0 Å². The Morgan fingerprint density at radius 3 is 1.94 bits per heavy atom. The van der Waals surface area contributed by atoms with E-state index in [1.165, 1.54) is 6.07 Å². The van der Waals surface area contributed by atoms with Gasteiger partial charge < -0.3 is 9.47 Å². The second-order valence-corrected chi connectivity index (χ2v) is 3.14. The number of ether oxygens (including phenoxy) is 2. The summed E-state index contributed by atoms with van der Waals surface area (Å²) in [6.45, 7) is 0. The second-order valence-electron chi connectivity index (χ2n) is 3.14. The Kier molecular flexibility index (Phi) is 3.49. The van der Waals surface area contributed by atoms with Crippen molar-refractivity contribution in [2.24, 2.45) is 0 Å². The molecule has 1 rings (SSSR count). The summed E-state index contributed by atoms with van der Waals surface area (Å²) < 4.78 is 72.1. The largest absolute Gasteiger partial charge is 0.497 e. The van der Waals surface area contributed by atoms with Crippen LogP contribution in [0.25, 0.3) is 0 Å². The maximum Gasteiger partial charge on any atom is 0.458 e. The van der Waals surface area contributed by atoms with Crippen molar-refractivity contribution in [3.8, 4) is 11.5 Å². The first-order chi connectivity index (χ1) is 7.74. The number of halogens is 5. The van der Waals surface area contributed by atoms with Crippen LogP contribution in [0.5, 0.6) is 11.5 Å². The number of hydrogen-bond donors (Lipinski definition) is 0. The molecule has 0 bridgehead atoms. The van der Waals surface area contributed by atoms with Gasteiger partial charge >= 0.3 is 12.1 Å². The predicted octanol–water partition coefficient (Wildman–Crippen LogP) is 3.36. The zero-order chi connectivity index (χ0) is 13.3. The summed E-state index contributed by atoms with van der Waals surface area (Å²) in [6, 6.07) is 2.83. The summed E-state index contributed by atoms with van der Waals surface area (Å²) >= 11 is 0. The fraction of sp³-hybridized carbons (Fsp3) is 0.400. The first-order valence-electron chi connectivity index (χ1n) is 4.41. The van der Waals surface area contributed by atoms with Gasteiger partial charge in [0.05, 0.1) is 19.8 Å². The van der Waals surface area contributed by atoms with Crippen LogP contribution in [0.2, 0.25) is 0 Å². The van der Waals surface area contributed by atoms with Gasteiger partial charge in [0.15, 0.2) is 0 Å². The molecule has 0 saturated heterocycles. The third-order valence-corrected chi connectivity index (χ3v) is 2.10. The average molecular weight is 256 g/mol. The predicted molar refractivity (Wildman–Crippen MR) is 49.5 cm³/mol. The number of hydrogen-bond acceptors (Lipinski definition) is 2. The van der Waals surface area contributed by atoms with Gasteiger partial charge in [0, 0.05) is 0 Å². The average Bonchev–Trinajstić information content (AvgIpc) is 2.26. The number of alkyl halides is 5. The number of rotatable bonds is 3. The Balaban J connectivity index is 3.37. The lowest BCUT2D eigenvalue weighted by atomic mass is 10.1. The van der Waals surface area contributed by atoms with Crippen LogP contribution in [0.1, 0.15) is 5.56 Å². The topological polar surface area (TPSA) is 18.5 Å². The van der Waals surface area contributed by atoms with Gasteiger partial charge in [0.2, 0.25) is 0 Å². The van der Waals surface area contributed by atoms with Crippen LogP contribution in [-0.2, 0) is 5.92 Å². The number of methoxy groups -OCH3 is 2. The van der Waals surface area contributed by atoms with Crippen molar-refractivity contribution in [2.75, 3.05) is 14.2 Å². The third-order valence-electron chi connectivity index (χ3n) is 2.10. The van der Waals surface area contributed by atoms with E-state index in [4.69, 9.17) is 0 Å². The minimum Gasteiger partial charge on any atom is -0.497 e. The molecule has 1 aromatic rings. The highest BCUT2D eigenvalue weighted by Crippen LogP contribution is 2.47.